The first kappa shape index (κ1) is 15.0. The van der Waals surface area contributed by atoms with E-state index in [4.69, 9.17) is 5.73 Å². The molecular weight excluding hydrogens is 270 g/mol. The van der Waals surface area contributed by atoms with Crippen molar-refractivity contribution in [3.05, 3.63) is 40.0 Å². The second-order valence-corrected chi connectivity index (χ2v) is 5.61. The number of carbonyl (C=O) groups excluding carboxylic acids is 1. The number of hydrogen-bond donors (Lipinski definition) is 1. The number of allylic oxidation sites excluding steroid dienone is 1. The fraction of sp³-hybridized carbons (Fsp3) is 0.400. The Hall–Kier alpha value is -2.37. The van der Waals surface area contributed by atoms with Crippen molar-refractivity contribution >= 4 is 23.0 Å². The molecule has 0 atom stereocenters. The van der Waals surface area contributed by atoms with Crippen molar-refractivity contribution in [3.63, 3.8) is 0 Å². The van der Waals surface area contributed by atoms with Gasteiger partial charge in [-0.15, -0.1) is 0 Å². The summed E-state index contributed by atoms with van der Waals surface area (Å²) in [6, 6.07) is 2.95. The van der Waals surface area contributed by atoms with E-state index in [-0.39, 0.29) is 17.3 Å². The number of nitro benzene ring substituents is 1. The zero-order chi connectivity index (χ0) is 15.8. The zero-order valence-corrected chi connectivity index (χ0v) is 12.4. The standard InChI is InChI=1S/C15H19N3O3/c1-4-5-6-7-17-12-9-13(18(20)21)11(16)8-10(12)15(2,3)14(17)19/h5-6,8-9H,4,7,16H2,1-3H3/b6-5-. The minimum absolute atomic E-state index is 0.0712. The molecule has 21 heavy (non-hydrogen) atoms. The normalized spacial score (nSPS) is 16.5. The van der Waals surface area contributed by atoms with E-state index in [9.17, 15) is 14.9 Å². The summed E-state index contributed by atoms with van der Waals surface area (Å²) in [6.45, 7) is 6.03. The Morgan fingerprint density at radius 2 is 2.05 bits per heavy atom. The van der Waals surface area contributed by atoms with Gasteiger partial charge in [0.1, 0.15) is 5.69 Å². The van der Waals surface area contributed by atoms with Crippen LogP contribution in [0.1, 0.15) is 32.8 Å². The largest absolute Gasteiger partial charge is 0.393 e. The predicted octanol–water partition coefficient (Wildman–Crippen LogP) is 2.77. The van der Waals surface area contributed by atoms with E-state index in [0.29, 0.717) is 12.2 Å². The van der Waals surface area contributed by atoms with Crippen LogP contribution in [0.3, 0.4) is 0 Å². The average Bonchev–Trinajstić information content (AvgIpc) is 2.59. The van der Waals surface area contributed by atoms with Crippen molar-refractivity contribution in [2.45, 2.75) is 32.6 Å². The topological polar surface area (TPSA) is 89.5 Å². The number of anilines is 2. The third-order valence-electron chi connectivity index (χ3n) is 3.78. The lowest BCUT2D eigenvalue weighted by Crippen LogP contribution is -2.36. The summed E-state index contributed by atoms with van der Waals surface area (Å²) in [4.78, 5) is 24.6. The van der Waals surface area contributed by atoms with Gasteiger partial charge in [-0.2, -0.15) is 0 Å². The Kier molecular flexibility index (Phi) is 3.72. The van der Waals surface area contributed by atoms with Gasteiger partial charge in [-0.25, -0.2) is 0 Å². The van der Waals surface area contributed by atoms with Gasteiger partial charge in [0.05, 0.1) is 16.0 Å². The number of nitrogen functional groups attached to an aromatic ring is 1. The molecule has 1 aromatic carbocycles. The van der Waals surface area contributed by atoms with Gasteiger partial charge in [-0.05, 0) is 31.9 Å². The highest BCUT2D eigenvalue weighted by atomic mass is 16.6. The van der Waals surface area contributed by atoms with E-state index >= 15 is 0 Å². The van der Waals surface area contributed by atoms with E-state index in [1.54, 1.807) is 11.0 Å². The molecule has 1 aliphatic rings. The summed E-state index contributed by atoms with van der Waals surface area (Å²) in [6.07, 6.45) is 4.73. The second kappa shape index (κ2) is 5.20. The number of rotatable bonds is 4. The van der Waals surface area contributed by atoms with Crippen LogP contribution in [-0.4, -0.2) is 17.4 Å². The molecule has 1 aliphatic heterocycles. The monoisotopic (exact) mass is 289 g/mol. The third-order valence-corrected chi connectivity index (χ3v) is 3.78. The van der Waals surface area contributed by atoms with Crippen LogP contribution in [-0.2, 0) is 10.2 Å². The number of nitrogens with zero attached hydrogens (tertiary/aromatic N) is 2. The predicted molar refractivity (Wildman–Crippen MR) is 82.3 cm³/mol. The first-order valence-electron chi connectivity index (χ1n) is 6.86. The fourth-order valence-corrected chi connectivity index (χ4v) is 2.57. The lowest BCUT2D eigenvalue weighted by Gasteiger charge is -2.18. The molecule has 6 nitrogen and oxygen atoms in total. The van der Waals surface area contributed by atoms with Crippen molar-refractivity contribution in [2.75, 3.05) is 17.2 Å². The number of amides is 1. The van der Waals surface area contributed by atoms with Crippen LogP contribution in [0.4, 0.5) is 17.1 Å². The highest BCUT2D eigenvalue weighted by molar-refractivity contribution is 6.08. The lowest BCUT2D eigenvalue weighted by atomic mass is 9.86. The van der Waals surface area contributed by atoms with Crippen molar-refractivity contribution in [1.29, 1.82) is 0 Å². The molecule has 0 saturated carbocycles. The van der Waals surface area contributed by atoms with E-state index < -0.39 is 10.3 Å². The number of nitro groups is 1. The van der Waals surface area contributed by atoms with Gasteiger partial charge in [0.2, 0.25) is 5.91 Å². The van der Waals surface area contributed by atoms with Crippen molar-refractivity contribution in [2.24, 2.45) is 0 Å². The van der Waals surface area contributed by atoms with E-state index in [0.717, 1.165) is 12.0 Å². The zero-order valence-electron chi connectivity index (χ0n) is 12.4. The van der Waals surface area contributed by atoms with E-state index in [1.807, 2.05) is 32.9 Å². The van der Waals surface area contributed by atoms with Crippen molar-refractivity contribution in [1.82, 2.24) is 0 Å². The van der Waals surface area contributed by atoms with Crippen LogP contribution in [0.25, 0.3) is 0 Å². The Labute approximate surface area is 123 Å². The van der Waals surface area contributed by atoms with Crippen molar-refractivity contribution < 1.29 is 9.72 Å². The average molecular weight is 289 g/mol. The minimum atomic E-state index is -0.724. The molecule has 0 bridgehead atoms. The molecule has 0 aromatic heterocycles. The first-order chi connectivity index (χ1) is 9.80. The molecule has 0 aliphatic carbocycles. The molecule has 1 aromatic rings. The summed E-state index contributed by atoms with van der Waals surface area (Å²) >= 11 is 0. The SMILES string of the molecule is CC/C=C\CN1C(=O)C(C)(C)c2cc(N)c([N+](=O)[O-])cc21. The molecule has 112 valence electrons. The van der Waals surface area contributed by atoms with Crippen LogP contribution in [0.15, 0.2) is 24.3 Å². The molecular formula is C15H19N3O3. The number of hydrogen-bond acceptors (Lipinski definition) is 4. The maximum absolute atomic E-state index is 12.6. The molecule has 1 amide bonds. The minimum Gasteiger partial charge on any atom is -0.393 e. The Bertz CT molecular complexity index is 635. The molecule has 2 rings (SSSR count). The van der Waals surface area contributed by atoms with Crippen LogP contribution in [0.2, 0.25) is 0 Å². The molecule has 0 unspecified atom stereocenters. The fourth-order valence-electron chi connectivity index (χ4n) is 2.57. The molecule has 6 heteroatoms. The number of fused-ring (bicyclic) bond motifs is 1. The van der Waals surface area contributed by atoms with Gasteiger partial charge in [0, 0.05) is 12.6 Å². The van der Waals surface area contributed by atoms with Gasteiger partial charge >= 0.3 is 0 Å². The smallest absolute Gasteiger partial charge is 0.294 e. The van der Waals surface area contributed by atoms with Crippen LogP contribution < -0.4 is 10.6 Å². The summed E-state index contributed by atoms with van der Waals surface area (Å²) in [7, 11) is 0. The molecule has 0 saturated heterocycles. The highest BCUT2D eigenvalue weighted by Crippen LogP contribution is 2.45. The van der Waals surface area contributed by atoms with Crippen molar-refractivity contribution in [3.8, 4) is 0 Å². The summed E-state index contributed by atoms with van der Waals surface area (Å²) < 4.78 is 0. The summed E-state index contributed by atoms with van der Waals surface area (Å²) in [5.41, 5.74) is 6.26. The molecule has 1 heterocycles. The van der Waals surface area contributed by atoms with Gasteiger partial charge in [-0.3, -0.25) is 14.9 Å². The Balaban J connectivity index is 2.55. The number of carbonyl (C=O) groups is 1. The molecule has 0 spiro atoms. The van der Waals surface area contributed by atoms with Gasteiger partial charge in [-0.1, -0.05) is 19.1 Å². The Morgan fingerprint density at radius 1 is 1.38 bits per heavy atom. The number of benzene rings is 1. The second-order valence-electron chi connectivity index (χ2n) is 5.61. The Morgan fingerprint density at radius 3 is 2.62 bits per heavy atom. The first-order valence-corrected chi connectivity index (χ1v) is 6.86. The van der Waals surface area contributed by atoms with Gasteiger partial charge < -0.3 is 10.6 Å². The number of nitrogens with two attached hydrogens (primary N) is 1. The molecule has 0 radical (unpaired) electrons. The van der Waals surface area contributed by atoms with E-state index in [2.05, 4.69) is 0 Å². The van der Waals surface area contributed by atoms with E-state index in [1.165, 1.54) is 6.07 Å². The quantitative estimate of drug-likeness (QED) is 0.399. The van der Waals surface area contributed by atoms with Crippen LogP contribution in [0, 0.1) is 10.1 Å². The summed E-state index contributed by atoms with van der Waals surface area (Å²) in [5.74, 6) is -0.0712. The molecule has 0 fully saturated rings. The third kappa shape index (κ3) is 2.37. The summed E-state index contributed by atoms with van der Waals surface area (Å²) in [5, 5.41) is 11.0. The highest BCUT2D eigenvalue weighted by Gasteiger charge is 2.44. The van der Waals surface area contributed by atoms with Crippen LogP contribution in [0.5, 0.6) is 0 Å². The van der Waals surface area contributed by atoms with Crippen LogP contribution >= 0.6 is 0 Å². The molecule has 2 N–H and O–H groups in total. The van der Waals surface area contributed by atoms with Gasteiger partial charge in [0.25, 0.3) is 5.69 Å². The maximum Gasteiger partial charge on any atom is 0.294 e. The lowest BCUT2D eigenvalue weighted by molar-refractivity contribution is -0.383. The maximum atomic E-state index is 12.6. The van der Waals surface area contributed by atoms with Gasteiger partial charge in [0.15, 0.2) is 0 Å².